The van der Waals surface area contributed by atoms with Gasteiger partial charge in [-0.2, -0.15) is 0 Å². The highest BCUT2D eigenvalue weighted by atomic mass is 15.0. The molecule has 0 spiro atoms. The minimum absolute atomic E-state index is 0.230. The van der Waals surface area contributed by atoms with Gasteiger partial charge in [0, 0.05) is 18.1 Å². The van der Waals surface area contributed by atoms with Crippen LogP contribution in [0.4, 0.5) is 0 Å². The summed E-state index contributed by atoms with van der Waals surface area (Å²) in [5.41, 5.74) is 8.96. The summed E-state index contributed by atoms with van der Waals surface area (Å²) in [6.45, 7) is 9.01. The van der Waals surface area contributed by atoms with Crippen LogP contribution in [0.2, 0.25) is 0 Å². The highest BCUT2D eigenvalue weighted by Gasteiger charge is 2.23. The van der Waals surface area contributed by atoms with Gasteiger partial charge < -0.3 is 11.1 Å². The van der Waals surface area contributed by atoms with Crippen molar-refractivity contribution >= 4 is 0 Å². The lowest BCUT2D eigenvalue weighted by Gasteiger charge is -2.22. The molecule has 0 radical (unpaired) electrons. The third-order valence-corrected chi connectivity index (χ3v) is 4.24. The molecule has 0 aromatic heterocycles. The highest BCUT2D eigenvalue weighted by molar-refractivity contribution is 5.29. The number of nitrogens with two attached hydrogens (primary N) is 1. The third kappa shape index (κ3) is 3.80. The molecule has 1 aromatic rings. The summed E-state index contributed by atoms with van der Waals surface area (Å²) in [7, 11) is 0. The Morgan fingerprint density at radius 1 is 1.16 bits per heavy atom. The van der Waals surface area contributed by atoms with Crippen molar-refractivity contribution in [2.75, 3.05) is 0 Å². The van der Waals surface area contributed by atoms with E-state index in [0.717, 1.165) is 12.8 Å². The van der Waals surface area contributed by atoms with E-state index in [-0.39, 0.29) is 5.41 Å². The van der Waals surface area contributed by atoms with Crippen LogP contribution in [0, 0.1) is 0 Å². The van der Waals surface area contributed by atoms with Gasteiger partial charge in [-0.3, -0.25) is 0 Å². The fourth-order valence-corrected chi connectivity index (χ4v) is 2.89. The normalized spacial score (nSPS) is 25.5. The lowest BCUT2D eigenvalue weighted by atomic mass is 9.86. The highest BCUT2D eigenvalue weighted by Crippen LogP contribution is 2.25. The van der Waals surface area contributed by atoms with Crippen molar-refractivity contribution < 1.29 is 0 Å². The molecule has 1 aliphatic rings. The molecule has 3 N–H and O–H groups in total. The van der Waals surface area contributed by atoms with Crippen LogP contribution in [-0.2, 0) is 5.41 Å². The van der Waals surface area contributed by atoms with E-state index in [2.05, 4.69) is 57.3 Å². The number of rotatable bonds is 3. The number of hydrogen-bond acceptors (Lipinski definition) is 2. The van der Waals surface area contributed by atoms with E-state index >= 15 is 0 Å². The van der Waals surface area contributed by atoms with E-state index in [0.29, 0.717) is 18.1 Å². The van der Waals surface area contributed by atoms with Gasteiger partial charge in [-0.15, -0.1) is 0 Å². The standard InChI is InChI=1S/C17H28N2/c1-12(19-16-10-9-15(18)11-16)13-5-7-14(8-6-13)17(2,3)4/h5-8,12,15-16,19H,9-11,18H2,1-4H3. The third-order valence-electron chi connectivity index (χ3n) is 4.24. The van der Waals surface area contributed by atoms with Crippen LogP contribution >= 0.6 is 0 Å². The first-order valence-corrected chi connectivity index (χ1v) is 7.48. The largest absolute Gasteiger partial charge is 0.328 e. The minimum Gasteiger partial charge on any atom is -0.328 e. The van der Waals surface area contributed by atoms with Gasteiger partial charge in [0.05, 0.1) is 0 Å². The second-order valence-corrected chi connectivity index (χ2v) is 7.03. The van der Waals surface area contributed by atoms with Crippen molar-refractivity contribution in [2.45, 2.75) is 70.5 Å². The molecule has 1 saturated carbocycles. The maximum Gasteiger partial charge on any atom is 0.0294 e. The predicted molar refractivity (Wildman–Crippen MR) is 82.3 cm³/mol. The second-order valence-electron chi connectivity index (χ2n) is 7.03. The Morgan fingerprint density at radius 3 is 2.26 bits per heavy atom. The van der Waals surface area contributed by atoms with E-state index in [4.69, 9.17) is 5.73 Å². The summed E-state index contributed by atoms with van der Waals surface area (Å²) in [6.07, 6.45) is 3.49. The Morgan fingerprint density at radius 2 is 1.79 bits per heavy atom. The molecule has 2 rings (SSSR count). The van der Waals surface area contributed by atoms with Crippen LogP contribution in [-0.4, -0.2) is 12.1 Å². The average Bonchev–Trinajstić information content (AvgIpc) is 2.74. The SMILES string of the molecule is CC(NC1CCC(N)C1)c1ccc(C(C)(C)C)cc1. The molecule has 2 nitrogen and oxygen atoms in total. The monoisotopic (exact) mass is 260 g/mol. The van der Waals surface area contributed by atoms with Gasteiger partial charge >= 0.3 is 0 Å². The Kier molecular flexibility index (Phi) is 4.32. The van der Waals surface area contributed by atoms with Crippen molar-refractivity contribution in [3.05, 3.63) is 35.4 Å². The lowest BCUT2D eigenvalue weighted by molar-refractivity contribution is 0.456. The summed E-state index contributed by atoms with van der Waals surface area (Å²) in [5, 5.41) is 3.70. The molecule has 0 saturated heterocycles. The van der Waals surface area contributed by atoms with E-state index in [1.54, 1.807) is 0 Å². The smallest absolute Gasteiger partial charge is 0.0294 e. The average molecular weight is 260 g/mol. The Balaban J connectivity index is 1.98. The molecule has 1 aromatic carbocycles. The van der Waals surface area contributed by atoms with Crippen LogP contribution in [0.15, 0.2) is 24.3 Å². The van der Waals surface area contributed by atoms with Gasteiger partial charge in [0.25, 0.3) is 0 Å². The van der Waals surface area contributed by atoms with Gasteiger partial charge in [-0.1, -0.05) is 45.0 Å². The van der Waals surface area contributed by atoms with E-state index in [1.165, 1.54) is 17.5 Å². The second kappa shape index (κ2) is 5.64. The van der Waals surface area contributed by atoms with Gasteiger partial charge in [0.15, 0.2) is 0 Å². The minimum atomic E-state index is 0.230. The van der Waals surface area contributed by atoms with Crippen LogP contribution in [0.5, 0.6) is 0 Å². The summed E-state index contributed by atoms with van der Waals surface area (Å²) in [5.74, 6) is 0. The Hall–Kier alpha value is -0.860. The zero-order chi connectivity index (χ0) is 14.0. The fourth-order valence-electron chi connectivity index (χ4n) is 2.89. The summed E-state index contributed by atoms with van der Waals surface area (Å²) < 4.78 is 0. The fraction of sp³-hybridized carbons (Fsp3) is 0.647. The predicted octanol–water partition coefficient (Wildman–Crippen LogP) is 3.51. The first kappa shape index (κ1) is 14.5. The maximum atomic E-state index is 5.97. The van der Waals surface area contributed by atoms with Crippen molar-refractivity contribution in [3.8, 4) is 0 Å². The summed E-state index contributed by atoms with van der Waals surface area (Å²) in [4.78, 5) is 0. The molecular formula is C17H28N2. The van der Waals surface area contributed by atoms with Gasteiger partial charge in [-0.05, 0) is 42.7 Å². The summed E-state index contributed by atoms with van der Waals surface area (Å²) >= 11 is 0. The van der Waals surface area contributed by atoms with Gasteiger partial charge in [-0.25, -0.2) is 0 Å². The van der Waals surface area contributed by atoms with Crippen molar-refractivity contribution in [1.82, 2.24) is 5.32 Å². The van der Waals surface area contributed by atoms with Gasteiger partial charge in [0.1, 0.15) is 0 Å². The Labute approximate surface area is 117 Å². The van der Waals surface area contributed by atoms with Crippen LogP contribution in [0.3, 0.4) is 0 Å². The molecule has 3 atom stereocenters. The number of hydrogen-bond donors (Lipinski definition) is 2. The topological polar surface area (TPSA) is 38.0 Å². The molecular weight excluding hydrogens is 232 g/mol. The lowest BCUT2D eigenvalue weighted by Crippen LogP contribution is -2.30. The first-order chi connectivity index (χ1) is 8.86. The quantitative estimate of drug-likeness (QED) is 0.872. The molecule has 2 heteroatoms. The van der Waals surface area contributed by atoms with Crippen LogP contribution in [0.25, 0.3) is 0 Å². The van der Waals surface area contributed by atoms with Crippen molar-refractivity contribution in [2.24, 2.45) is 5.73 Å². The zero-order valence-corrected chi connectivity index (χ0v) is 12.7. The first-order valence-electron chi connectivity index (χ1n) is 7.48. The number of nitrogens with one attached hydrogen (secondary N) is 1. The molecule has 3 unspecified atom stereocenters. The molecule has 106 valence electrons. The van der Waals surface area contributed by atoms with Gasteiger partial charge in [0.2, 0.25) is 0 Å². The van der Waals surface area contributed by atoms with Crippen LogP contribution < -0.4 is 11.1 Å². The van der Waals surface area contributed by atoms with E-state index in [9.17, 15) is 0 Å². The molecule has 19 heavy (non-hydrogen) atoms. The van der Waals surface area contributed by atoms with Crippen molar-refractivity contribution in [3.63, 3.8) is 0 Å². The zero-order valence-electron chi connectivity index (χ0n) is 12.7. The van der Waals surface area contributed by atoms with E-state index in [1.807, 2.05) is 0 Å². The molecule has 0 amide bonds. The molecule has 0 aliphatic heterocycles. The summed E-state index contributed by atoms with van der Waals surface area (Å²) in [6, 6.07) is 10.4. The van der Waals surface area contributed by atoms with E-state index < -0.39 is 0 Å². The molecule has 1 aliphatic carbocycles. The Bertz CT molecular complexity index is 402. The maximum absolute atomic E-state index is 5.97. The van der Waals surface area contributed by atoms with Crippen molar-refractivity contribution in [1.29, 1.82) is 0 Å². The number of benzene rings is 1. The molecule has 1 fully saturated rings. The molecule has 0 heterocycles. The van der Waals surface area contributed by atoms with Crippen LogP contribution in [0.1, 0.15) is 64.1 Å². The molecule has 0 bridgehead atoms.